The fourth-order valence-electron chi connectivity index (χ4n) is 2.75. The molecule has 7 heteroatoms. The number of nitrogens with zero attached hydrogens (tertiary/aromatic N) is 3. The van der Waals surface area contributed by atoms with Crippen molar-refractivity contribution < 1.29 is 19.1 Å². The van der Waals surface area contributed by atoms with Gasteiger partial charge in [-0.15, -0.1) is 5.10 Å². The lowest BCUT2D eigenvalue weighted by atomic mass is 10.1. The first-order valence-corrected chi connectivity index (χ1v) is 8.02. The molecule has 1 aromatic heterocycles. The van der Waals surface area contributed by atoms with Gasteiger partial charge in [0.15, 0.2) is 0 Å². The van der Waals surface area contributed by atoms with Crippen LogP contribution in [0.5, 0.6) is 5.88 Å². The van der Waals surface area contributed by atoms with Crippen LogP contribution in [-0.4, -0.2) is 52.8 Å². The van der Waals surface area contributed by atoms with Gasteiger partial charge in [-0.3, -0.25) is 4.79 Å². The molecule has 24 heavy (non-hydrogen) atoms. The van der Waals surface area contributed by atoms with Crippen LogP contribution in [0.4, 0.5) is 0 Å². The molecule has 3 rings (SSSR count). The van der Waals surface area contributed by atoms with Crippen LogP contribution in [0, 0.1) is 0 Å². The first-order chi connectivity index (χ1) is 11.7. The van der Waals surface area contributed by atoms with Crippen LogP contribution in [0.1, 0.15) is 19.8 Å². The number of ether oxygens (including phenoxy) is 2. The molecule has 1 aliphatic heterocycles. The molecule has 126 valence electrons. The third-order valence-corrected chi connectivity index (χ3v) is 3.99. The minimum Gasteiger partial charge on any atom is -0.473 e. The predicted molar refractivity (Wildman–Crippen MR) is 86.4 cm³/mol. The Kier molecular flexibility index (Phi) is 4.88. The summed E-state index contributed by atoms with van der Waals surface area (Å²) in [6.45, 7) is 2.79. The highest BCUT2D eigenvalue weighted by Gasteiger charge is 2.29. The predicted octanol–water partition coefficient (Wildman–Crippen LogP) is 1.56. The Bertz CT molecular complexity index is 736. The van der Waals surface area contributed by atoms with Crippen molar-refractivity contribution in [2.45, 2.75) is 25.9 Å². The SMILES string of the molecule is CCOC(=O)C(=O)N1CCC(Oc2nncc3ccccc23)CC1. The average molecular weight is 329 g/mol. The molecule has 1 aliphatic rings. The smallest absolute Gasteiger partial charge is 0.397 e. The minimum absolute atomic E-state index is 0.0589. The van der Waals surface area contributed by atoms with Gasteiger partial charge >= 0.3 is 11.9 Å². The quantitative estimate of drug-likeness (QED) is 0.628. The van der Waals surface area contributed by atoms with Crippen LogP contribution >= 0.6 is 0 Å². The Morgan fingerprint density at radius 2 is 2.00 bits per heavy atom. The highest BCUT2D eigenvalue weighted by atomic mass is 16.5. The molecule has 1 aromatic carbocycles. The Morgan fingerprint density at radius 3 is 2.75 bits per heavy atom. The Hall–Kier alpha value is -2.70. The topological polar surface area (TPSA) is 81.6 Å². The van der Waals surface area contributed by atoms with Gasteiger partial charge in [-0.2, -0.15) is 5.10 Å². The molecular formula is C17H19N3O4. The van der Waals surface area contributed by atoms with E-state index in [4.69, 9.17) is 9.47 Å². The van der Waals surface area contributed by atoms with Gasteiger partial charge < -0.3 is 14.4 Å². The third kappa shape index (κ3) is 3.45. The Balaban J connectivity index is 1.61. The summed E-state index contributed by atoms with van der Waals surface area (Å²) in [4.78, 5) is 24.9. The number of rotatable bonds is 3. The lowest BCUT2D eigenvalue weighted by Gasteiger charge is -2.31. The lowest BCUT2D eigenvalue weighted by Crippen LogP contribution is -2.45. The minimum atomic E-state index is -0.795. The van der Waals surface area contributed by atoms with Gasteiger partial charge in [-0.1, -0.05) is 18.2 Å². The van der Waals surface area contributed by atoms with E-state index >= 15 is 0 Å². The number of likely N-dealkylation sites (tertiary alicyclic amines) is 1. The maximum absolute atomic E-state index is 11.9. The van der Waals surface area contributed by atoms with Crippen LogP contribution in [-0.2, 0) is 14.3 Å². The standard InChI is InChI=1S/C17H19N3O4/c1-2-23-17(22)16(21)20-9-7-13(8-10-20)24-15-14-6-4-3-5-12(14)11-18-19-15/h3-6,11,13H,2,7-10H2,1H3. The number of amides is 1. The molecular weight excluding hydrogens is 310 g/mol. The summed E-state index contributed by atoms with van der Waals surface area (Å²) in [7, 11) is 0. The molecule has 2 heterocycles. The van der Waals surface area contributed by atoms with Crippen molar-refractivity contribution in [3.63, 3.8) is 0 Å². The lowest BCUT2D eigenvalue weighted by molar-refractivity contribution is -0.160. The summed E-state index contributed by atoms with van der Waals surface area (Å²) in [6.07, 6.45) is 2.91. The van der Waals surface area contributed by atoms with E-state index in [1.165, 1.54) is 4.90 Å². The second-order valence-corrected chi connectivity index (χ2v) is 5.57. The number of carbonyl (C=O) groups excluding carboxylic acids is 2. The summed E-state index contributed by atoms with van der Waals surface area (Å²) in [5, 5.41) is 9.93. The fourth-order valence-corrected chi connectivity index (χ4v) is 2.75. The van der Waals surface area contributed by atoms with Gasteiger partial charge in [0.25, 0.3) is 0 Å². The second-order valence-electron chi connectivity index (χ2n) is 5.57. The molecule has 0 atom stereocenters. The molecule has 0 bridgehead atoms. The fraction of sp³-hybridized carbons (Fsp3) is 0.412. The number of carbonyl (C=O) groups is 2. The summed E-state index contributed by atoms with van der Waals surface area (Å²) >= 11 is 0. The van der Waals surface area contributed by atoms with Crippen molar-refractivity contribution in [1.82, 2.24) is 15.1 Å². The molecule has 0 aliphatic carbocycles. The number of benzene rings is 1. The van der Waals surface area contributed by atoms with Crippen LogP contribution in [0.25, 0.3) is 10.8 Å². The maximum atomic E-state index is 11.9. The van der Waals surface area contributed by atoms with E-state index in [2.05, 4.69) is 10.2 Å². The third-order valence-electron chi connectivity index (χ3n) is 3.99. The zero-order valence-electron chi connectivity index (χ0n) is 13.5. The van der Waals surface area contributed by atoms with Gasteiger partial charge in [-0.25, -0.2) is 4.79 Å². The number of hydrogen-bond acceptors (Lipinski definition) is 6. The van der Waals surface area contributed by atoms with Gasteiger partial charge in [-0.05, 0) is 13.0 Å². The van der Waals surface area contributed by atoms with Crippen molar-refractivity contribution in [3.05, 3.63) is 30.5 Å². The first-order valence-electron chi connectivity index (χ1n) is 8.02. The van der Waals surface area contributed by atoms with Gasteiger partial charge in [0.2, 0.25) is 5.88 Å². The second kappa shape index (κ2) is 7.25. The summed E-state index contributed by atoms with van der Waals surface area (Å²) in [6, 6.07) is 7.76. The maximum Gasteiger partial charge on any atom is 0.397 e. The zero-order chi connectivity index (χ0) is 16.9. The molecule has 7 nitrogen and oxygen atoms in total. The van der Waals surface area contributed by atoms with Gasteiger partial charge in [0, 0.05) is 36.7 Å². The molecule has 0 saturated carbocycles. The zero-order valence-corrected chi connectivity index (χ0v) is 13.5. The molecule has 0 N–H and O–H groups in total. The first kappa shape index (κ1) is 16.2. The number of piperidine rings is 1. The number of aromatic nitrogens is 2. The van der Waals surface area contributed by atoms with Crippen molar-refractivity contribution in [3.8, 4) is 5.88 Å². The van der Waals surface area contributed by atoms with Crippen LogP contribution in [0.2, 0.25) is 0 Å². The van der Waals surface area contributed by atoms with E-state index in [0.717, 1.165) is 10.8 Å². The molecule has 1 fully saturated rings. The van der Waals surface area contributed by atoms with E-state index in [0.29, 0.717) is 31.8 Å². The highest BCUT2D eigenvalue weighted by Crippen LogP contribution is 2.24. The molecule has 1 saturated heterocycles. The van der Waals surface area contributed by atoms with E-state index in [1.807, 2.05) is 24.3 Å². The van der Waals surface area contributed by atoms with Crippen LogP contribution in [0.15, 0.2) is 30.5 Å². The van der Waals surface area contributed by atoms with Crippen molar-refractivity contribution >= 4 is 22.6 Å². The van der Waals surface area contributed by atoms with Crippen molar-refractivity contribution in [1.29, 1.82) is 0 Å². The normalized spacial score (nSPS) is 15.3. The van der Waals surface area contributed by atoms with Crippen molar-refractivity contribution in [2.24, 2.45) is 0 Å². The summed E-state index contributed by atoms with van der Waals surface area (Å²) in [5.74, 6) is -0.875. The van der Waals surface area contributed by atoms with E-state index < -0.39 is 11.9 Å². The molecule has 1 amide bonds. The molecule has 0 spiro atoms. The highest BCUT2D eigenvalue weighted by molar-refractivity contribution is 6.32. The van der Waals surface area contributed by atoms with Crippen LogP contribution < -0.4 is 4.74 Å². The largest absolute Gasteiger partial charge is 0.473 e. The average Bonchev–Trinajstić information content (AvgIpc) is 2.62. The monoisotopic (exact) mass is 329 g/mol. The van der Waals surface area contributed by atoms with E-state index in [9.17, 15) is 9.59 Å². The molecule has 2 aromatic rings. The summed E-state index contributed by atoms with van der Waals surface area (Å²) < 4.78 is 10.7. The summed E-state index contributed by atoms with van der Waals surface area (Å²) in [5.41, 5.74) is 0. The number of fused-ring (bicyclic) bond motifs is 1. The number of hydrogen-bond donors (Lipinski definition) is 0. The van der Waals surface area contributed by atoms with Gasteiger partial charge in [0.05, 0.1) is 12.8 Å². The molecule has 0 unspecified atom stereocenters. The van der Waals surface area contributed by atoms with Crippen LogP contribution in [0.3, 0.4) is 0 Å². The Labute approximate surface area is 139 Å². The van der Waals surface area contributed by atoms with Crippen molar-refractivity contribution in [2.75, 3.05) is 19.7 Å². The van der Waals surface area contributed by atoms with E-state index in [1.54, 1.807) is 13.1 Å². The van der Waals surface area contributed by atoms with E-state index in [-0.39, 0.29) is 12.7 Å². The number of esters is 1. The molecule has 0 radical (unpaired) electrons. The Morgan fingerprint density at radius 1 is 1.25 bits per heavy atom. The van der Waals surface area contributed by atoms with Gasteiger partial charge in [0.1, 0.15) is 6.10 Å².